The topological polar surface area (TPSA) is 92.3 Å². The van der Waals surface area contributed by atoms with Crippen molar-refractivity contribution in [2.45, 2.75) is 13.3 Å². The van der Waals surface area contributed by atoms with Crippen LogP contribution < -0.4 is 9.44 Å². The number of sulfonamides is 2. The van der Waals surface area contributed by atoms with Gasteiger partial charge in [-0.05, 0) is 24.1 Å². The van der Waals surface area contributed by atoms with E-state index in [9.17, 15) is 16.8 Å². The molecule has 8 heteroatoms. The number of nitrogens with one attached hydrogen (secondary N) is 2. The van der Waals surface area contributed by atoms with Gasteiger partial charge >= 0.3 is 0 Å². The van der Waals surface area contributed by atoms with Gasteiger partial charge in [-0.1, -0.05) is 19.1 Å². The van der Waals surface area contributed by atoms with E-state index in [4.69, 9.17) is 0 Å². The lowest BCUT2D eigenvalue weighted by molar-refractivity contribution is 0.588. The monoisotopic (exact) mass is 305 g/mol. The summed E-state index contributed by atoms with van der Waals surface area (Å²) >= 11 is 0. The molecule has 0 atom stereocenters. The van der Waals surface area contributed by atoms with Crippen LogP contribution in [0.15, 0.2) is 24.3 Å². The van der Waals surface area contributed by atoms with Gasteiger partial charge in [0, 0.05) is 5.69 Å². The smallest absolute Gasteiger partial charge is 0.229 e. The molecular formula is C11H17N2O4S2. The summed E-state index contributed by atoms with van der Waals surface area (Å²) < 4.78 is 49.6. The summed E-state index contributed by atoms with van der Waals surface area (Å²) in [5.41, 5.74) is 1.02. The van der Waals surface area contributed by atoms with Crippen LogP contribution in [0.1, 0.15) is 18.9 Å². The third-order valence-corrected chi connectivity index (χ3v) is 3.40. The number of hydrogen-bond acceptors (Lipinski definition) is 4. The zero-order chi connectivity index (χ0) is 14.7. The van der Waals surface area contributed by atoms with Gasteiger partial charge in [-0.2, -0.15) is 0 Å². The van der Waals surface area contributed by atoms with Crippen LogP contribution in [0.2, 0.25) is 0 Å². The fraction of sp³-hybridized carbons (Fsp3) is 0.364. The first-order valence-electron chi connectivity index (χ1n) is 5.52. The minimum absolute atomic E-state index is 0.390. The van der Waals surface area contributed by atoms with Crippen molar-refractivity contribution in [1.82, 2.24) is 4.72 Å². The predicted molar refractivity (Wildman–Crippen MR) is 75.5 cm³/mol. The first-order chi connectivity index (χ1) is 8.61. The number of anilines is 1. The molecule has 0 fully saturated rings. The molecule has 19 heavy (non-hydrogen) atoms. The van der Waals surface area contributed by atoms with Gasteiger partial charge in [0.1, 0.15) is 0 Å². The van der Waals surface area contributed by atoms with Crippen molar-refractivity contribution in [1.29, 1.82) is 0 Å². The van der Waals surface area contributed by atoms with E-state index >= 15 is 0 Å². The molecule has 1 radical (unpaired) electrons. The summed E-state index contributed by atoms with van der Waals surface area (Å²) in [5.74, 6) is 0. The van der Waals surface area contributed by atoms with E-state index in [1.807, 2.05) is 6.92 Å². The fourth-order valence-corrected chi connectivity index (χ4v) is 2.81. The standard InChI is InChI=1S/C11H17N2O4S2/c1-4-11(13-19(3,16)17)9-6-5-7-10(8-9)12-18(2,14)15/h5-8,12-13H,4H2,1-3H3. The zero-order valence-corrected chi connectivity index (χ0v) is 12.6. The maximum atomic E-state index is 11.2. The van der Waals surface area contributed by atoms with Gasteiger partial charge in [-0.15, -0.1) is 0 Å². The number of hydrogen-bond donors (Lipinski definition) is 2. The average molecular weight is 305 g/mol. The average Bonchev–Trinajstić information content (AvgIpc) is 2.22. The van der Waals surface area contributed by atoms with Crippen LogP contribution in [0.5, 0.6) is 0 Å². The Hall–Kier alpha value is -1.12. The summed E-state index contributed by atoms with van der Waals surface area (Å²) in [5, 5.41) is 0. The van der Waals surface area contributed by atoms with E-state index in [1.54, 1.807) is 24.3 Å². The predicted octanol–water partition coefficient (Wildman–Crippen LogP) is 0.897. The minimum Gasteiger partial charge on any atom is -0.284 e. The summed E-state index contributed by atoms with van der Waals surface area (Å²) in [6.07, 6.45) is 2.61. The molecule has 0 heterocycles. The van der Waals surface area contributed by atoms with Crippen LogP contribution in [0.3, 0.4) is 0 Å². The van der Waals surface area contributed by atoms with Crippen LogP contribution in [-0.4, -0.2) is 29.3 Å². The quantitative estimate of drug-likeness (QED) is 0.816. The highest BCUT2D eigenvalue weighted by Crippen LogP contribution is 2.20. The van der Waals surface area contributed by atoms with E-state index < -0.39 is 20.0 Å². The van der Waals surface area contributed by atoms with Crippen LogP contribution in [0.25, 0.3) is 0 Å². The molecule has 0 unspecified atom stereocenters. The van der Waals surface area contributed by atoms with E-state index in [0.717, 1.165) is 12.5 Å². The van der Waals surface area contributed by atoms with Crippen LogP contribution in [0.4, 0.5) is 5.69 Å². The molecule has 1 aromatic rings. The number of rotatable bonds is 6. The zero-order valence-electron chi connectivity index (χ0n) is 11.0. The second-order valence-electron chi connectivity index (χ2n) is 4.16. The first kappa shape index (κ1) is 15.9. The normalized spacial score (nSPS) is 12.6. The lowest BCUT2D eigenvalue weighted by Crippen LogP contribution is -2.27. The maximum absolute atomic E-state index is 11.2. The summed E-state index contributed by atoms with van der Waals surface area (Å²) in [6.45, 7) is 1.81. The van der Waals surface area contributed by atoms with E-state index in [-0.39, 0.29) is 0 Å². The fourth-order valence-electron chi connectivity index (χ4n) is 1.54. The Morgan fingerprint density at radius 2 is 1.74 bits per heavy atom. The highest BCUT2D eigenvalue weighted by molar-refractivity contribution is 7.92. The van der Waals surface area contributed by atoms with Crippen molar-refractivity contribution in [3.05, 3.63) is 35.9 Å². The lowest BCUT2D eigenvalue weighted by atomic mass is 10.1. The highest BCUT2D eigenvalue weighted by atomic mass is 32.2. The van der Waals surface area contributed by atoms with Crippen molar-refractivity contribution in [2.75, 3.05) is 17.2 Å². The highest BCUT2D eigenvalue weighted by Gasteiger charge is 2.15. The molecule has 0 aromatic heterocycles. The summed E-state index contributed by atoms with van der Waals surface area (Å²) in [7, 11) is -6.72. The van der Waals surface area contributed by atoms with Crippen LogP contribution in [0, 0.1) is 6.04 Å². The Kier molecular flexibility index (Phi) is 4.94. The molecule has 0 aliphatic rings. The first-order valence-corrected chi connectivity index (χ1v) is 9.31. The largest absolute Gasteiger partial charge is 0.284 e. The Labute approximate surface area is 114 Å². The molecular weight excluding hydrogens is 288 g/mol. The SMILES string of the molecule is CC[C](NS(C)(=O)=O)c1cccc(NS(C)(=O)=O)c1. The summed E-state index contributed by atoms with van der Waals surface area (Å²) in [4.78, 5) is 0. The molecule has 0 amide bonds. The molecule has 0 aliphatic heterocycles. The van der Waals surface area contributed by atoms with Gasteiger partial charge in [-0.25, -0.2) is 21.6 Å². The third kappa shape index (κ3) is 6.04. The molecule has 107 valence electrons. The second-order valence-corrected chi connectivity index (χ2v) is 7.66. The van der Waals surface area contributed by atoms with Crippen molar-refractivity contribution >= 4 is 25.7 Å². The van der Waals surface area contributed by atoms with Gasteiger partial charge in [0.2, 0.25) is 20.0 Å². The van der Waals surface area contributed by atoms with E-state index in [2.05, 4.69) is 9.44 Å². The molecule has 0 saturated carbocycles. The maximum Gasteiger partial charge on any atom is 0.229 e. The van der Waals surface area contributed by atoms with Gasteiger partial charge in [0.15, 0.2) is 0 Å². The molecule has 0 spiro atoms. The van der Waals surface area contributed by atoms with Gasteiger partial charge < -0.3 is 0 Å². The Morgan fingerprint density at radius 3 is 2.21 bits per heavy atom. The molecule has 0 aliphatic carbocycles. The Balaban J connectivity index is 3.03. The molecule has 6 nitrogen and oxygen atoms in total. The lowest BCUT2D eigenvalue weighted by Gasteiger charge is -2.16. The van der Waals surface area contributed by atoms with Crippen molar-refractivity contribution < 1.29 is 16.8 Å². The number of benzene rings is 1. The third-order valence-electron chi connectivity index (χ3n) is 2.18. The minimum atomic E-state index is -3.36. The van der Waals surface area contributed by atoms with Crippen molar-refractivity contribution in [3.63, 3.8) is 0 Å². The summed E-state index contributed by atoms with van der Waals surface area (Å²) in [6, 6.07) is 7.06. The van der Waals surface area contributed by atoms with Crippen LogP contribution >= 0.6 is 0 Å². The van der Waals surface area contributed by atoms with E-state index in [0.29, 0.717) is 23.7 Å². The Morgan fingerprint density at radius 1 is 1.11 bits per heavy atom. The van der Waals surface area contributed by atoms with E-state index in [1.165, 1.54) is 0 Å². The van der Waals surface area contributed by atoms with Crippen molar-refractivity contribution in [3.8, 4) is 0 Å². The van der Waals surface area contributed by atoms with Crippen molar-refractivity contribution in [2.24, 2.45) is 0 Å². The van der Waals surface area contributed by atoms with Crippen LogP contribution in [-0.2, 0) is 20.0 Å². The van der Waals surface area contributed by atoms with Gasteiger partial charge in [0.05, 0.1) is 18.6 Å². The van der Waals surface area contributed by atoms with Gasteiger partial charge in [-0.3, -0.25) is 4.72 Å². The molecule has 2 N–H and O–H groups in total. The van der Waals surface area contributed by atoms with Gasteiger partial charge in [0.25, 0.3) is 0 Å². The second kappa shape index (κ2) is 5.89. The Bertz CT molecular complexity index is 638. The molecule has 1 aromatic carbocycles. The molecule has 0 bridgehead atoms. The molecule has 0 saturated heterocycles. The molecule has 1 rings (SSSR count).